The molecule has 2 aromatic heterocycles. The highest BCUT2D eigenvalue weighted by Gasteiger charge is 2.14. The van der Waals surface area contributed by atoms with Crippen LogP contribution >= 0.6 is 0 Å². The summed E-state index contributed by atoms with van der Waals surface area (Å²) in [4.78, 5) is 10.8. The fourth-order valence-electron chi connectivity index (χ4n) is 1.53. The first-order valence-electron chi connectivity index (χ1n) is 5.12. The van der Waals surface area contributed by atoms with Gasteiger partial charge in [-0.2, -0.15) is 5.10 Å². The summed E-state index contributed by atoms with van der Waals surface area (Å²) in [5.41, 5.74) is 0.621. The van der Waals surface area contributed by atoms with E-state index in [1.807, 2.05) is 19.3 Å². The smallest absolute Gasteiger partial charge is 0.372 e. The average molecular weight is 235 g/mol. The molecule has 0 aliphatic carbocycles. The average Bonchev–Trinajstić information content (AvgIpc) is 2.82. The SMILES string of the molecule is Cc1cc(CNc2ccn(C)n2)oc1C(=O)O. The van der Waals surface area contributed by atoms with Gasteiger partial charge in [-0.15, -0.1) is 0 Å². The van der Waals surface area contributed by atoms with Crippen molar-refractivity contribution in [1.82, 2.24) is 9.78 Å². The molecular formula is C11H13N3O3. The molecule has 0 atom stereocenters. The van der Waals surface area contributed by atoms with Crippen LogP contribution in [0.15, 0.2) is 22.7 Å². The first kappa shape index (κ1) is 11.3. The van der Waals surface area contributed by atoms with Crippen molar-refractivity contribution in [3.8, 4) is 0 Å². The molecule has 0 amide bonds. The molecule has 0 bridgehead atoms. The lowest BCUT2D eigenvalue weighted by atomic mass is 10.2. The summed E-state index contributed by atoms with van der Waals surface area (Å²) in [6, 6.07) is 3.54. The zero-order valence-electron chi connectivity index (χ0n) is 9.60. The van der Waals surface area contributed by atoms with Crippen LogP contribution in [0.3, 0.4) is 0 Å². The minimum absolute atomic E-state index is 0.0113. The second-order valence-electron chi connectivity index (χ2n) is 3.76. The lowest BCUT2D eigenvalue weighted by Crippen LogP contribution is -2.00. The van der Waals surface area contributed by atoms with E-state index in [0.29, 0.717) is 17.9 Å². The van der Waals surface area contributed by atoms with Crippen LogP contribution in [0.25, 0.3) is 0 Å². The van der Waals surface area contributed by atoms with Gasteiger partial charge in [0.05, 0.1) is 6.54 Å². The summed E-state index contributed by atoms with van der Waals surface area (Å²) in [6.07, 6.45) is 1.82. The number of anilines is 1. The molecule has 2 rings (SSSR count). The van der Waals surface area contributed by atoms with Gasteiger partial charge in [-0.1, -0.05) is 0 Å². The molecule has 6 nitrogen and oxygen atoms in total. The quantitative estimate of drug-likeness (QED) is 0.841. The van der Waals surface area contributed by atoms with E-state index in [0.717, 1.165) is 5.82 Å². The zero-order chi connectivity index (χ0) is 12.4. The summed E-state index contributed by atoms with van der Waals surface area (Å²) in [5, 5.41) is 16.0. The Bertz CT molecular complexity index is 542. The van der Waals surface area contributed by atoms with Gasteiger partial charge in [0.2, 0.25) is 5.76 Å². The second kappa shape index (κ2) is 4.32. The molecule has 0 aliphatic heterocycles. The largest absolute Gasteiger partial charge is 0.475 e. The van der Waals surface area contributed by atoms with Crippen molar-refractivity contribution in [3.05, 3.63) is 35.4 Å². The number of carboxylic acid groups (broad SMARTS) is 1. The Morgan fingerprint density at radius 2 is 2.41 bits per heavy atom. The van der Waals surface area contributed by atoms with E-state index in [2.05, 4.69) is 10.4 Å². The third-order valence-electron chi connectivity index (χ3n) is 2.32. The van der Waals surface area contributed by atoms with Gasteiger partial charge in [0.25, 0.3) is 0 Å². The minimum atomic E-state index is -1.05. The maximum atomic E-state index is 10.8. The fourth-order valence-corrected chi connectivity index (χ4v) is 1.53. The molecule has 2 N–H and O–H groups in total. The molecule has 2 heterocycles. The van der Waals surface area contributed by atoms with Crippen LogP contribution in [-0.2, 0) is 13.6 Å². The van der Waals surface area contributed by atoms with Crippen LogP contribution in [0, 0.1) is 6.92 Å². The Balaban J connectivity index is 2.04. The van der Waals surface area contributed by atoms with Gasteiger partial charge < -0.3 is 14.8 Å². The fraction of sp³-hybridized carbons (Fsp3) is 0.273. The number of carbonyl (C=O) groups is 1. The van der Waals surface area contributed by atoms with Gasteiger partial charge in [-0.05, 0) is 13.0 Å². The number of rotatable bonds is 4. The van der Waals surface area contributed by atoms with Crippen molar-refractivity contribution < 1.29 is 14.3 Å². The highest BCUT2D eigenvalue weighted by Crippen LogP contribution is 2.15. The van der Waals surface area contributed by atoms with Crippen LogP contribution in [0.2, 0.25) is 0 Å². The number of aryl methyl sites for hydroxylation is 2. The number of hydrogen-bond acceptors (Lipinski definition) is 4. The van der Waals surface area contributed by atoms with E-state index in [1.54, 1.807) is 17.7 Å². The molecule has 90 valence electrons. The Hall–Kier alpha value is -2.24. The predicted molar refractivity (Wildman–Crippen MR) is 60.9 cm³/mol. The number of hydrogen-bond donors (Lipinski definition) is 2. The molecule has 6 heteroatoms. The minimum Gasteiger partial charge on any atom is -0.475 e. The Labute approximate surface area is 97.9 Å². The molecule has 0 aliphatic rings. The normalized spacial score (nSPS) is 10.5. The van der Waals surface area contributed by atoms with E-state index in [1.165, 1.54) is 0 Å². The number of nitrogens with zero attached hydrogens (tertiary/aromatic N) is 2. The van der Waals surface area contributed by atoms with Crippen molar-refractivity contribution >= 4 is 11.8 Å². The maximum absolute atomic E-state index is 10.8. The second-order valence-corrected chi connectivity index (χ2v) is 3.76. The van der Waals surface area contributed by atoms with E-state index in [9.17, 15) is 4.79 Å². The highest BCUT2D eigenvalue weighted by atomic mass is 16.4. The zero-order valence-corrected chi connectivity index (χ0v) is 9.60. The van der Waals surface area contributed by atoms with Gasteiger partial charge in [0.1, 0.15) is 11.6 Å². The van der Waals surface area contributed by atoms with Crippen LogP contribution in [0.4, 0.5) is 5.82 Å². The summed E-state index contributed by atoms with van der Waals surface area (Å²) in [5.74, 6) is 0.235. The molecule has 17 heavy (non-hydrogen) atoms. The van der Waals surface area contributed by atoms with Gasteiger partial charge in [0.15, 0.2) is 0 Å². The van der Waals surface area contributed by atoms with Crippen LogP contribution in [0.1, 0.15) is 21.9 Å². The Kier molecular flexibility index (Phi) is 2.86. The van der Waals surface area contributed by atoms with Gasteiger partial charge in [-0.3, -0.25) is 4.68 Å². The van der Waals surface area contributed by atoms with Crippen LogP contribution in [0.5, 0.6) is 0 Å². The Morgan fingerprint density at radius 3 is 2.94 bits per heavy atom. The van der Waals surface area contributed by atoms with Crippen LogP contribution < -0.4 is 5.32 Å². The lowest BCUT2D eigenvalue weighted by molar-refractivity contribution is 0.0659. The van der Waals surface area contributed by atoms with E-state index in [4.69, 9.17) is 9.52 Å². The van der Waals surface area contributed by atoms with Crippen molar-refractivity contribution in [2.24, 2.45) is 7.05 Å². The summed E-state index contributed by atoms with van der Waals surface area (Å²) >= 11 is 0. The third-order valence-corrected chi connectivity index (χ3v) is 2.32. The number of nitrogens with one attached hydrogen (secondary N) is 1. The summed E-state index contributed by atoms with van der Waals surface area (Å²) in [6.45, 7) is 2.11. The molecule has 0 unspecified atom stereocenters. The number of aromatic nitrogens is 2. The predicted octanol–water partition coefficient (Wildman–Crippen LogP) is 1.63. The molecule has 0 fully saturated rings. The van der Waals surface area contributed by atoms with Gasteiger partial charge >= 0.3 is 5.97 Å². The van der Waals surface area contributed by atoms with E-state index < -0.39 is 5.97 Å². The maximum Gasteiger partial charge on any atom is 0.372 e. The van der Waals surface area contributed by atoms with Gasteiger partial charge in [0, 0.05) is 24.9 Å². The molecular weight excluding hydrogens is 222 g/mol. The lowest BCUT2D eigenvalue weighted by Gasteiger charge is -1.98. The van der Waals surface area contributed by atoms with Crippen molar-refractivity contribution in [2.45, 2.75) is 13.5 Å². The molecule has 0 saturated heterocycles. The van der Waals surface area contributed by atoms with Crippen molar-refractivity contribution in [1.29, 1.82) is 0 Å². The standard InChI is InChI=1S/C11H13N3O3/c1-7-5-8(17-10(7)11(15)16)6-12-9-3-4-14(2)13-9/h3-5H,6H2,1-2H3,(H,12,13)(H,15,16). The topological polar surface area (TPSA) is 80.3 Å². The first-order chi connectivity index (χ1) is 8.06. The van der Waals surface area contributed by atoms with Gasteiger partial charge in [-0.25, -0.2) is 4.79 Å². The van der Waals surface area contributed by atoms with E-state index in [-0.39, 0.29) is 5.76 Å². The number of carboxylic acids is 1. The number of aromatic carboxylic acids is 1. The number of furan rings is 1. The van der Waals surface area contributed by atoms with Crippen molar-refractivity contribution in [3.63, 3.8) is 0 Å². The molecule has 0 radical (unpaired) electrons. The third kappa shape index (κ3) is 2.47. The summed E-state index contributed by atoms with van der Waals surface area (Å²) in [7, 11) is 1.82. The first-order valence-corrected chi connectivity index (χ1v) is 5.12. The monoisotopic (exact) mass is 235 g/mol. The van der Waals surface area contributed by atoms with Crippen molar-refractivity contribution in [2.75, 3.05) is 5.32 Å². The molecule has 0 saturated carbocycles. The summed E-state index contributed by atoms with van der Waals surface area (Å²) < 4.78 is 6.89. The molecule has 0 spiro atoms. The Morgan fingerprint density at radius 1 is 1.65 bits per heavy atom. The molecule has 2 aromatic rings. The highest BCUT2D eigenvalue weighted by molar-refractivity contribution is 5.86. The molecule has 0 aromatic carbocycles. The van der Waals surface area contributed by atoms with E-state index >= 15 is 0 Å². The van der Waals surface area contributed by atoms with Crippen LogP contribution in [-0.4, -0.2) is 20.9 Å².